The zero-order valence-electron chi connectivity index (χ0n) is 30.0. The largest absolute Gasteiger partial charge is 0.472 e. The number of benzene rings is 1. The summed E-state index contributed by atoms with van der Waals surface area (Å²) in [6.07, 6.45) is 9.13. The van der Waals surface area contributed by atoms with Gasteiger partial charge < -0.3 is 20.3 Å². The Labute approximate surface area is 299 Å². The number of nitrogens with zero attached hydrogens (tertiary/aromatic N) is 2. The third-order valence-electron chi connectivity index (χ3n) is 10.6. The molecule has 2 aliphatic carbocycles. The Morgan fingerprint density at radius 2 is 1.90 bits per heavy atom. The van der Waals surface area contributed by atoms with Crippen molar-refractivity contribution in [2.45, 2.75) is 108 Å². The van der Waals surface area contributed by atoms with E-state index in [1.165, 1.54) is 11.0 Å². The molecule has 0 spiro atoms. The molecule has 2 saturated carbocycles. The standard InChI is InChI=1S/C38H49N5O7S/c1-7-25-21-38(25,35(47)42-51(48,49)27-13-14-27)41-32(45)30-19-26-22-43(30)34(46)29(36(2,3)4)20-31(44)40-37(5,6)16-9-8-10-23-11-12-24-15-17-39-33(50-26)28(24)18-23/h7-8,10-12,15,17-18,25-27,29-30H,1,9,13-14,16,19-22H2,2-6H3,(H,40,44)(H,41,45)(H,42,47)/b10-8+/t25-,26+,29+,30-,38+/m0/s1. The number of carbonyl (C=O) groups excluding carboxylic acids is 4. The van der Waals surface area contributed by atoms with Crippen LogP contribution < -0.4 is 20.1 Å². The van der Waals surface area contributed by atoms with Crippen LogP contribution in [0.15, 0.2) is 49.2 Å². The molecular formula is C38H49N5O7S. The number of hydrogen-bond acceptors (Lipinski definition) is 8. The van der Waals surface area contributed by atoms with Crippen molar-refractivity contribution < 1.29 is 32.3 Å². The number of rotatable bonds is 6. The molecule has 0 radical (unpaired) electrons. The summed E-state index contributed by atoms with van der Waals surface area (Å²) in [7, 11) is -3.88. The second-order valence-corrected chi connectivity index (χ2v) is 18.2. The fraction of sp³-hybridized carbons (Fsp3) is 0.553. The summed E-state index contributed by atoms with van der Waals surface area (Å²) < 4.78 is 34.0. The minimum atomic E-state index is -3.88. The molecule has 4 aliphatic rings. The van der Waals surface area contributed by atoms with Crippen molar-refractivity contribution in [2.24, 2.45) is 17.3 Å². The van der Waals surface area contributed by atoms with E-state index in [2.05, 4.69) is 33.0 Å². The molecule has 5 atom stereocenters. The van der Waals surface area contributed by atoms with E-state index in [0.29, 0.717) is 31.6 Å². The topological polar surface area (TPSA) is 164 Å². The van der Waals surface area contributed by atoms with Crippen LogP contribution in [0.1, 0.15) is 85.1 Å². The highest BCUT2D eigenvalue weighted by molar-refractivity contribution is 7.91. The second kappa shape index (κ2) is 13.4. The second-order valence-electron chi connectivity index (χ2n) is 16.3. The predicted octanol–water partition coefficient (Wildman–Crippen LogP) is 4.01. The van der Waals surface area contributed by atoms with E-state index in [-0.39, 0.29) is 37.6 Å². The summed E-state index contributed by atoms with van der Waals surface area (Å²) in [4.78, 5) is 61.9. The maximum Gasteiger partial charge on any atom is 0.259 e. The minimum Gasteiger partial charge on any atom is -0.472 e. The third kappa shape index (κ3) is 7.83. The van der Waals surface area contributed by atoms with Crippen molar-refractivity contribution in [3.63, 3.8) is 0 Å². The van der Waals surface area contributed by atoms with Gasteiger partial charge in [0.15, 0.2) is 0 Å². The summed E-state index contributed by atoms with van der Waals surface area (Å²) in [6.45, 7) is 13.4. The average Bonchev–Trinajstić information content (AvgIpc) is 3.97. The van der Waals surface area contributed by atoms with Gasteiger partial charge in [-0.1, -0.05) is 51.1 Å². The van der Waals surface area contributed by atoms with Gasteiger partial charge in [0.1, 0.15) is 17.7 Å². The summed E-state index contributed by atoms with van der Waals surface area (Å²) in [5.74, 6) is -2.99. The number of aromatic nitrogens is 1. The minimum absolute atomic E-state index is 0.0361. The first kappa shape index (κ1) is 36.5. The third-order valence-corrected chi connectivity index (χ3v) is 12.4. The van der Waals surface area contributed by atoms with E-state index in [0.717, 1.165) is 16.3 Å². The van der Waals surface area contributed by atoms with E-state index in [9.17, 15) is 27.6 Å². The van der Waals surface area contributed by atoms with Gasteiger partial charge in [-0.05, 0) is 74.4 Å². The van der Waals surface area contributed by atoms with E-state index in [1.807, 2.05) is 65.0 Å². The van der Waals surface area contributed by atoms with Gasteiger partial charge in [0.05, 0.1) is 17.7 Å². The molecule has 6 rings (SSSR count). The molecule has 2 aliphatic heterocycles. The number of carbonyl (C=O) groups is 4. The zero-order chi connectivity index (χ0) is 36.9. The van der Waals surface area contributed by atoms with E-state index in [1.54, 1.807) is 6.20 Å². The van der Waals surface area contributed by atoms with Crippen molar-refractivity contribution in [1.29, 1.82) is 0 Å². The van der Waals surface area contributed by atoms with Crippen LogP contribution >= 0.6 is 0 Å². The Kier molecular flexibility index (Phi) is 9.58. The zero-order valence-corrected chi connectivity index (χ0v) is 30.8. The van der Waals surface area contributed by atoms with Gasteiger partial charge in [-0.25, -0.2) is 13.4 Å². The van der Waals surface area contributed by atoms with E-state index < -0.39 is 67.6 Å². The van der Waals surface area contributed by atoms with Crippen molar-refractivity contribution in [2.75, 3.05) is 6.54 Å². The first-order valence-corrected chi connectivity index (χ1v) is 19.3. The van der Waals surface area contributed by atoms with Crippen LogP contribution in [0, 0.1) is 17.3 Å². The van der Waals surface area contributed by atoms with Crippen molar-refractivity contribution in [3.05, 3.63) is 54.8 Å². The molecule has 1 aromatic heterocycles. The molecule has 0 unspecified atom stereocenters. The monoisotopic (exact) mass is 719 g/mol. The number of pyridine rings is 1. The highest BCUT2D eigenvalue weighted by atomic mass is 32.2. The summed E-state index contributed by atoms with van der Waals surface area (Å²) >= 11 is 0. The van der Waals surface area contributed by atoms with Crippen LogP contribution in [0.4, 0.5) is 0 Å². The average molecular weight is 720 g/mol. The highest BCUT2D eigenvalue weighted by Crippen LogP contribution is 2.46. The van der Waals surface area contributed by atoms with Crippen LogP contribution in [0.5, 0.6) is 5.88 Å². The maximum atomic E-state index is 14.6. The van der Waals surface area contributed by atoms with Gasteiger partial charge in [0.25, 0.3) is 5.91 Å². The lowest BCUT2D eigenvalue weighted by molar-refractivity contribution is -0.147. The quantitative estimate of drug-likeness (QED) is 0.377. The number of allylic oxidation sites excluding steroid dienone is 1. The molecule has 1 aromatic carbocycles. The molecule has 13 heteroatoms. The van der Waals surface area contributed by atoms with Gasteiger partial charge in [0.2, 0.25) is 33.6 Å². The molecule has 274 valence electrons. The molecule has 3 heterocycles. The number of sulfonamides is 1. The molecule has 12 nitrogen and oxygen atoms in total. The number of amides is 4. The molecule has 51 heavy (non-hydrogen) atoms. The van der Waals surface area contributed by atoms with Gasteiger partial charge in [-0.2, -0.15) is 0 Å². The number of nitrogens with one attached hydrogen (secondary N) is 3. The first-order valence-electron chi connectivity index (χ1n) is 17.8. The van der Waals surface area contributed by atoms with E-state index >= 15 is 0 Å². The Morgan fingerprint density at radius 1 is 1.16 bits per heavy atom. The van der Waals surface area contributed by atoms with E-state index in [4.69, 9.17) is 4.74 Å². The molecule has 4 amide bonds. The van der Waals surface area contributed by atoms with Gasteiger partial charge in [-0.3, -0.25) is 23.9 Å². The van der Waals surface area contributed by atoms with Crippen molar-refractivity contribution >= 4 is 50.5 Å². The SMILES string of the molecule is C=C[C@H]1C[C@]1(NC(=O)[C@@H]1C[C@@H]2CN1C(=O)[C@H](C(C)(C)C)CC(=O)NC(C)(C)CC/C=C/c1ccc3ccnc(c3c1)O2)C(=O)NS(=O)(=O)C1CC1. The maximum absolute atomic E-state index is 14.6. The lowest BCUT2D eigenvalue weighted by Gasteiger charge is -2.36. The van der Waals surface area contributed by atoms with Gasteiger partial charge in [-0.15, -0.1) is 6.58 Å². The molecular weight excluding hydrogens is 671 g/mol. The molecule has 2 aromatic rings. The summed E-state index contributed by atoms with van der Waals surface area (Å²) in [5, 5.41) is 7.02. The lowest BCUT2D eigenvalue weighted by Crippen LogP contribution is -2.57. The van der Waals surface area contributed by atoms with Crippen molar-refractivity contribution in [3.8, 4) is 5.88 Å². The summed E-state index contributed by atoms with van der Waals surface area (Å²) in [5.41, 5.74) is -1.76. The molecule has 3 fully saturated rings. The number of ether oxygens (including phenoxy) is 1. The first-order chi connectivity index (χ1) is 23.9. The Morgan fingerprint density at radius 3 is 2.57 bits per heavy atom. The molecule has 1 saturated heterocycles. The lowest BCUT2D eigenvalue weighted by atomic mass is 9.77. The summed E-state index contributed by atoms with van der Waals surface area (Å²) in [6, 6.07) is 6.80. The Hall–Kier alpha value is -4.26. The van der Waals surface area contributed by atoms with Crippen LogP contribution in [0.3, 0.4) is 0 Å². The molecule has 3 N–H and O–H groups in total. The van der Waals surface area contributed by atoms with Crippen LogP contribution in [-0.4, -0.2) is 76.9 Å². The predicted molar refractivity (Wildman–Crippen MR) is 194 cm³/mol. The number of hydrogen-bond donors (Lipinski definition) is 3. The van der Waals surface area contributed by atoms with Gasteiger partial charge in [0, 0.05) is 35.9 Å². The normalized spacial score (nSPS) is 28.9. The highest BCUT2D eigenvalue weighted by Gasteiger charge is 2.62. The smallest absolute Gasteiger partial charge is 0.259 e. The fourth-order valence-corrected chi connectivity index (χ4v) is 8.58. The van der Waals surface area contributed by atoms with Crippen LogP contribution in [0.25, 0.3) is 16.8 Å². The van der Waals surface area contributed by atoms with Crippen LogP contribution in [0.2, 0.25) is 0 Å². The fourth-order valence-electron chi connectivity index (χ4n) is 7.21. The Balaban J connectivity index is 1.35. The molecule has 4 bridgehead atoms. The van der Waals surface area contributed by atoms with Crippen LogP contribution in [-0.2, 0) is 29.2 Å². The number of fused-ring (bicyclic) bond motifs is 3. The van der Waals surface area contributed by atoms with Gasteiger partial charge >= 0.3 is 0 Å². The van der Waals surface area contributed by atoms with Crippen molar-refractivity contribution in [1.82, 2.24) is 25.2 Å². The Bertz CT molecular complexity index is 1900.